The lowest BCUT2D eigenvalue weighted by Crippen LogP contribution is -2.29. The molecule has 8 heteroatoms. The SMILES string of the molecule is COC(=O)C(O)C(O)c1ccc(OC)cc1[N+](=O)[O-]. The number of nitro groups is 1. The van der Waals surface area contributed by atoms with Crippen molar-refractivity contribution >= 4 is 11.7 Å². The zero-order valence-corrected chi connectivity index (χ0v) is 10.3. The number of nitro benzene ring substituents is 1. The van der Waals surface area contributed by atoms with Crippen LogP contribution in [0, 0.1) is 10.1 Å². The van der Waals surface area contributed by atoms with Crippen LogP contribution in [0.2, 0.25) is 0 Å². The Morgan fingerprint density at radius 1 is 1.37 bits per heavy atom. The minimum atomic E-state index is -1.91. The number of esters is 1. The predicted octanol–water partition coefficient (Wildman–Crippen LogP) is 0.171. The molecule has 8 nitrogen and oxygen atoms in total. The van der Waals surface area contributed by atoms with Gasteiger partial charge in [0.25, 0.3) is 5.69 Å². The summed E-state index contributed by atoms with van der Waals surface area (Å²) in [6.45, 7) is 0. The average molecular weight is 271 g/mol. The van der Waals surface area contributed by atoms with E-state index in [0.717, 1.165) is 13.2 Å². The first-order valence-electron chi connectivity index (χ1n) is 5.18. The molecule has 1 aromatic rings. The van der Waals surface area contributed by atoms with E-state index in [2.05, 4.69) is 4.74 Å². The number of methoxy groups -OCH3 is 2. The second-order valence-electron chi connectivity index (χ2n) is 3.59. The van der Waals surface area contributed by atoms with E-state index in [-0.39, 0.29) is 11.3 Å². The molecule has 0 aliphatic rings. The zero-order chi connectivity index (χ0) is 14.6. The maximum absolute atomic E-state index is 11.1. The van der Waals surface area contributed by atoms with E-state index in [1.807, 2.05) is 0 Å². The summed E-state index contributed by atoms with van der Waals surface area (Å²) < 4.78 is 9.09. The lowest BCUT2D eigenvalue weighted by atomic mass is 10.0. The smallest absolute Gasteiger partial charge is 0.337 e. The first kappa shape index (κ1) is 14.9. The number of nitrogens with zero attached hydrogens (tertiary/aromatic N) is 1. The summed E-state index contributed by atoms with van der Waals surface area (Å²) in [5.74, 6) is -0.868. The number of aliphatic hydroxyl groups excluding tert-OH is 2. The van der Waals surface area contributed by atoms with E-state index >= 15 is 0 Å². The van der Waals surface area contributed by atoms with Crippen LogP contribution in [0.15, 0.2) is 18.2 Å². The van der Waals surface area contributed by atoms with Crippen LogP contribution in [0.3, 0.4) is 0 Å². The van der Waals surface area contributed by atoms with Crippen molar-refractivity contribution in [2.45, 2.75) is 12.2 Å². The number of carbonyl (C=O) groups excluding carboxylic acids is 1. The second-order valence-corrected chi connectivity index (χ2v) is 3.59. The Balaban J connectivity index is 3.18. The fourth-order valence-corrected chi connectivity index (χ4v) is 1.48. The zero-order valence-electron chi connectivity index (χ0n) is 10.3. The summed E-state index contributed by atoms with van der Waals surface area (Å²) in [5, 5.41) is 30.2. The molecule has 1 aromatic carbocycles. The molecule has 104 valence electrons. The molecular weight excluding hydrogens is 258 g/mol. The molecule has 0 aliphatic heterocycles. The van der Waals surface area contributed by atoms with E-state index in [4.69, 9.17) is 4.74 Å². The highest BCUT2D eigenvalue weighted by atomic mass is 16.6. The topological polar surface area (TPSA) is 119 Å². The number of carbonyl (C=O) groups is 1. The molecule has 0 saturated heterocycles. The molecule has 0 heterocycles. The second kappa shape index (κ2) is 6.12. The summed E-state index contributed by atoms with van der Waals surface area (Å²) in [4.78, 5) is 21.3. The maximum atomic E-state index is 11.1. The van der Waals surface area contributed by atoms with Crippen LogP contribution in [0.4, 0.5) is 5.69 Å². The highest BCUT2D eigenvalue weighted by Crippen LogP contribution is 2.31. The maximum Gasteiger partial charge on any atom is 0.337 e. The summed E-state index contributed by atoms with van der Waals surface area (Å²) in [6.07, 6.45) is -3.67. The number of ether oxygens (including phenoxy) is 2. The van der Waals surface area contributed by atoms with Gasteiger partial charge >= 0.3 is 5.97 Å². The van der Waals surface area contributed by atoms with Gasteiger partial charge in [0.05, 0.1) is 30.8 Å². The summed E-state index contributed by atoms with van der Waals surface area (Å²) in [7, 11) is 2.36. The quantitative estimate of drug-likeness (QED) is 0.445. The van der Waals surface area contributed by atoms with Gasteiger partial charge in [0, 0.05) is 0 Å². The molecule has 2 unspecified atom stereocenters. The van der Waals surface area contributed by atoms with E-state index in [1.54, 1.807) is 0 Å². The minimum Gasteiger partial charge on any atom is -0.497 e. The molecule has 0 aromatic heterocycles. The molecule has 0 aliphatic carbocycles. The van der Waals surface area contributed by atoms with Gasteiger partial charge in [0.1, 0.15) is 11.9 Å². The van der Waals surface area contributed by atoms with Crippen molar-refractivity contribution in [2.24, 2.45) is 0 Å². The van der Waals surface area contributed by atoms with Crippen molar-refractivity contribution < 1.29 is 29.4 Å². The van der Waals surface area contributed by atoms with Gasteiger partial charge in [0.2, 0.25) is 0 Å². The molecular formula is C11H13NO7. The van der Waals surface area contributed by atoms with Crippen LogP contribution < -0.4 is 4.74 Å². The first-order valence-corrected chi connectivity index (χ1v) is 5.18. The van der Waals surface area contributed by atoms with Crippen LogP contribution in [-0.4, -0.2) is 41.4 Å². The van der Waals surface area contributed by atoms with E-state index < -0.39 is 28.8 Å². The van der Waals surface area contributed by atoms with Crippen LogP contribution in [0.1, 0.15) is 11.7 Å². The van der Waals surface area contributed by atoms with Crippen molar-refractivity contribution in [1.29, 1.82) is 0 Å². The van der Waals surface area contributed by atoms with Crippen molar-refractivity contribution in [3.8, 4) is 5.75 Å². The molecule has 1 rings (SSSR count). The van der Waals surface area contributed by atoms with E-state index in [9.17, 15) is 25.1 Å². The van der Waals surface area contributed by atoms with Gasteiger partial charge in [-0.3, -0.25) is 10.1 Å². The van der Waals surface area contributed by atoms with Crippen molar-refractivity contribution in [3.05, 3.63) is 33.9 Å². The van der Waals surface area contributed by atoms with Crippen LogP contribution >= 0.6 is 0 Å². The largest absolute Gasteiger partial charge is 0.497 e. The fraction of sp³-hybridized carbons (Fsp3) is 0.364. The summed E-state index contributed by atoms with van der Waals surface area (Å²) >= 11 is 0. The monoisotopic (exact) mass is 271 g/mol. The Kier molecular flexibility index (Phi) is 4.79. The van der Waals surface area contributed by atoms with Gasteiger partial charge in [-0.1, -0.05) is 0 Å². The van der Waals surface area contributed by atoms with Crippen LogP contribution in [0.5, 0.6) is 5.75 Å². The molecule has 0 amide bonds. The Morgan fingerprint density at radius 2 is 2.00 bits per heavy atom. The summed E-state index contributed by atoms with van der Waals surface area (Å²) in [5.41, 5.74) is -0.668. The Hall–Kier alpha value is -2.19. The summed E-state index contributed by atoms with van der Waals surface area (Å²) in [6, 6.07) is 3.66. The van der Waals surface area contributed by atoms with Crippen LogP contribution in [-0.2, 0) is 9.53 Å². The molecule has 0 fully saturated rings. The van der Waals surface area contributed by atoms with Crippen molar-refractivity contribution in [2.75, 3.05) is 14.2 Å². The Morgan fingerprint density at radius 3 is 2.47 bits per heavy atom. The van der Waals surface area contributed by atoms with Gasteiger partial charge in [-0.25, -0.2) is 4.79 Å². The van der Waals surface area contributed by atoms with Crippen molar-refractivity contribution in [1.82, 2.24) is 0 Å². The van der Waals surface area contributed by atoms with Gasteiger partial charge in [-0.2, -0.15) is 0 Å². The van der Waals surface area contributed by atoms with Gasteiger partial charge in [0.15, 0.2) is 6.10 Å². The number of aliphatic hydroxyl groups is 2. The molecule has 2 N–H and O–H groups in total. The standard InChI is InChI=1S/C11H13NO7/c1-18-6-3-4-7(8(5-6)12(16)17)9(13)10(14)11(15)19-2/h3-5,9-10,13-14H,1-2H3. The molecule has 19 heavy (non-hydrogen) atoms. The lowest BCUT2D eigenvalue weighted by Gasteiger charge is -2.16. The van der Waals surface area contributed by atoms with Crippen LogP contribution in [0.25, 0.3) is 0 Å². The molecule has 2 atom stereocenters. The van der Waals surface area contributed by atoms with E-state index in [0.29, 0.717) is 0 Å². The highest BCUT2D eigenvalue weighted by Gasteiger charge is 2.31. The van der Waals surface area contributed by atoms with E-state index in [1.165, 1.54) is 19.2 Å². The average Bonchev–Trinajstić information content (AvgIpc) is 2.43. The normalized spacial score (nSPS) is 13.5. The third kappa shape index (κ3) is 3.18. The molecule has 0 saturated carbocycles. The third-order valence-corrected chi connectivity index (χ3v) is 2.49. The highest BCUT2D eigenvalue weighted by molar-refractivity contribution is 5.75. The fourth-order valence-electron chi connectivity index (χ4n) is 1.48. The lowest BCUT2D eigenvalue weighted by molar-refractivity contribution is -0.386. The number of hydrogen-bond donors (Lipinski definition) is 2. The Labute approximate surface area is 108 Å². The molecule has 0 bridgehead atoms. The van der Waals surface area contributed by atoms with Crippen molar-refractivity contribution in [3.63, 3.8) is 0 Å². The minimum absolute atomic E-state index is 0.205. The molecule has 0 radical (unpaired) electrons. The third-order valence-electron chi connectivity index (χ3n) is 2.49. The number of hydrogen-bond acceptors (Lipinski definition) is 7. The first-order chi connectivity index (χ1) is 8.92. The van der Waals surface area contributed by atoms with Gasteiger partial charge < -0.3 is 19.7 Å². The predicted molar refractivity (Wildman–Crippen MR) is 62.6 cm³/mol. The van der Waals surface area contributed by atoms with Gasteiger partial charge in [-0.15, -0.1) is 0 Å². The Bertz CT molecular complexity index is 488. The number of benzene rings is 1. The number of rotatable bonds is 5. The molecule has 0 spiro atoms. The van der Waals surface area contributed by atoms with Gasteiger partial charge in [-0.05, 0) is 12.1 Å².